The van der Waals surface area contributed by atoms with E-state index in [4.69, 9.17) is 5.26 Å². The lowest BCUT2D eigenvalue weighted by Gasteiger charge is -1.98. The Morgan fingerprint density at radius 3 is 2.78 bits per heavy atom. The van der Waals surface area contributed by atoms with Gasteiger partial charge in [-0.05, 0) is 30.3 Å². The molecule has 4 nitrogen and oxygen atoms in total. The average molecular weight is 235 g/mol. The van der Waals surface area contributed by atoms with Crippen molar-refractivity contribution in [2.45, 2.75) is 0 Å². The van der Waals surface area contributed by atoms with E-state index in [0.717, 1.165) is 11.0 Å². The van der Waals surface area contributed by atoms with Crippen molar-refractivity contribution in [1.29, 1.82) is 5.26 Å². The van der Waals surface area contributed by atoms with E-state index in [2.05, 4.69) is 16.0 Å². The predicted molar refractivity (Wildman–Crippen MR) is 67.9 cm³/mol. The van der Waals surface area contributed by atoms with Crippen molar-refractivity contribution in [2.75, 3.05) is 0 Å². The molecule has 0 unspecified atom stereocenters. The maximum atomic E-state index is 9.78. The van der Waals surface area contributed by atoms with Crippen molar-refractivity contribution in [3.05, 3.63) is 48.0 Å². The average Bonchev–Trinajstić information content (AvgIpc) is 2.81. The lowest BCUT2D eigenvalue weighted by Crippen LogP contribution is -1.80. The molecule has 18 heavy (non-hydrogen) atoms. The number of aromatic hydroxyl groups is 1. The second kappa shape index (κ2) is 3.90. The van der Waals surface area contributed by atoms with Crippen molar-refractivity contribution in [1.82, 2.24) is 9.97 Å². The SMILES string of the molecule is N#Cc1ccc2nc(-c3ccccc3O)[nH]c2c1. The zero-order valence-corrected chi connectivity index (χ0v) is 9.38. The lowest BCUT2D eigenvalue weighted by atomic mass is 10.2. The first-order valence-corrected chi connectivity index (χ1v) is 5.46. The van der Waals surface area contributed by atoms with Gasteiger partial charge in [-0.1, -0.05) is 12.1 Å². The molecule has 2 aromatic carbocycles. The molecule has 0 aliphatic carbocycles. The summed E-state index contributed by atoms with van der Waals surface area (Å²) in [5.41, 5.74) is 2.78. The Morgan fingerprint density at radius 1 is 1.17 bits per heavy atom. The first-order chi connectivity index (χ1) is 8.78. The van der Waals surface area contributed by atoms with Gasteiger partial charge < -0.3 is 10.1 Å². The van der Waals surface area contributed by atoms with Crippen LogP contribution >= 0.6 is 0 Å². The molecular formula is C14H9N3O. The summed E-state index contributed by atoms with van der Waals surface area (Å²) in [6.45, 7) is 0. The zero-order chi connectivity index (χ0) is 12.5. The first-order valence-electron chi connectivity index (χ1n) is 5.46. The fourth-order valence-electron chi connectivity index (χ4n) is 1.88. The smallest absolute Gasteiger partial charge is 0.142 e. The number of phenols is 1. The molecule has 0 spiro atoms. The fraction of sp³-hybridized carbons (Fsp3) is 0. The van der Waals surface area contributed by atoms with Gasteiger partial charge in [-0.3, -0.25) is 0 Å². The van der Waals surface area contributed by atoms with Crippen molar-refractivity contribution in [3.8, 4) is 23.2 Å². The molecule has 0 amide bonds. The van der Waals surface area contributed by atoms with Crippen molar-refractivity contribution in [3.63, 3.8) is 0 Å². The number of phenolic OH excluding ortho intramolecular Hbond substituents is 1. The second-order valence-corrected chi connectivity index (χ2v) is 3.95. The monoisotopic (exact) mass is 235 g/mol. The molecule has 3 aromatic rings. The number of para-hydroxylation sites is 1. The number of H-pyrrole nitrogens is 1. The van der Waals surface area contributed by atoms with Gasteiger partial charge in [-0.25, -0.2) is 4.98 Å². The Kier molecular flexibility index (Phi) is 2.24. The molecule has 0 atom stereocenters. The molecule has 1 heterocycles. The van der Waals surface area contributed by atoms with E-state index in [1.165, 1.54) is 0 Å². The summed E-state index contributed by atoms with van der Waals surface area (Å²) in [4.78, 5) is 7.50. The van der Waals surface area contributed by atoms with Gasteiger partial charge >= 0.3 is 0 Å². The van der Waals surface area contributed by atoms with Crippen LogP contribution in [0.4, 0.5) is 0 Å². The quantitative estimate of drug-likeness (QED) is 0.681. The Bertz CT molecular complexity index is 768. The van der Waals surface area contributed by atoms with Crippen molar-refractivity contribution in [2.24, 2.45) is 0 Å². The predicted octanol–water partition coefficient (Wildman–Crippen LogP) is 2.81. The van der Waals surface area contributed by atoms with Gasteiger partial charge in [-0.2, -0.15) is 5.26 Å². The summed E-state index contributed by atoms with van der Waals surface area (Å²) in [5.74, 6) is 0.773. The maximum Gasteiger partial charge on any atom is 0.142 e. The molecule has 0 fully saturated rings. The molecule has 3 rings (SSSR count). The second-order valence-electron chi connectivity index (χ2n) is 3.95. The van der Waals surface area contributed by atoms with E-state index in [0.29, 0.717) is 17.0 Å². The van der Waals surface area contributed by atoms with Crippen molar-refractivity contribution < 1.29 is 5.11 Å². The van der Waals surface area contributed by atoms with E-state index in [1.54, 1.807) is 36.4 Å². The standard InChI is InChI=1S/C14H9N3O/c15-8-9-5-6-11-12(7-9)17-14(16-11)10-3-1-2-4-13(10)18/h1-7,18H,(H,16,17). The minimum absolute atomic E-state index is 0.178. The van der Waals surface area contributed by atoms with Crippen LogP contribution in [0.5, 0.6) is 5.75 Å². The molecule has 2 N–H and O–H groups in total. The number of hydrogen-bond donors (Lipinski definition) is 2. The van der Waals surface area contributed by atoms with Gasteiger partial charge in [0.05, 0.1) is 28.2 Å². The number of nitrogens with zero attached hydrogens (tertiary/aromatic N) is 2. The van der Waals surface area contributed by atoms with E-state index in [-0.39, 0.29) is 5.75 Å². The van der Waals surface area contributed by atoms with Gasteiger partial charge in [0.15, 0.2) is 0 Å². The van der Waals surface area contributed by atoms with Crippen LogP contribution < -0.4 is 0 Å². The van der Waals surface area contributed by atoms with Gasteiger partial charge in [0, 0.05) is 0 Å². The fourth-order valence-corrected chi connectivity index (χ4v) is 1.88. The molecule has 0 radical (unpaired) electrons. The molecular weight excluding hydrogens is 226 g/mol. The number of nitriles is 1. The summed E-state index contributed by atoms with van der Waals surface area (Å²) in [6, 6.07) is 14.3. The number of nitrogens with one attached hydrogen (secondary N) is 1. The van der Waals surface area contributed by atoms with Gasteiger partial charge in [0.25, 0.3) is 0 Å². The molecule has 0 saturated heterocycles. The minimum atomic E-state index is 0.178. The van der Waals surface area contributed by atoms with Gasteiger partial charge in [0.1, 0.15) is 11.6 Å². The third-order valence-electron chi connectivity index (χ3n) is 2.77. The lowest BCUT2D eigenvalue weighted by molar-refractivity contribution is 0.477. The summed E-state index contributed by atoms with van der Waals surface area (Å²) >= 11 is 0. The molecule has 86 valence electrons. The van der Waals surface area contributed by atoms with Gasteiger partial charge in [0.2, 0.25) is 0 Å². The van der Waals surface area contributed by atoms with Crippen LogP contribution in [-0.2, 0) is 0 Å². The van der Waals surface area contributed by atoms with Crippen LogP contribution in [0.1, 0.15) is 5.56 Å². The van der Waals surface area contributed by atoms with Crippen LogP contribution in [0.15, 0.2) is 42.5 Å². The maximum absolute atomic E-state index is 9.78. The molecule has 0 saturated carbocycles. The topological polar surface area (TPSA) is 72.7 Å². The normalized spacial score (nSPS) is 10.4. The number of aromatic amines is 1. The van der Waals surface area contributed by atoms with E-state index in [9.17, 15) is 5.11 Å². The molecule has 0 aliphatic rings. The van der Waals surface area contributed by atoms with Crippen LogP contribution in [0.3, 0.4) is 0 Å². The zero-order valence-electron chi connectivity index (χ0n) is 9.38. The van der Waals surface area contributed by atoms with E-state index in [1.807, 2.05) is 6.07 Å². The van der Waals surface area contributed by atoms with Crippen LogP contribution in [-0.4, -0.2) is 15.1 Å². The van der Waals surface area contributed by atoms with Crippen LogP contribution in [0, 0.1) is 11.3 Å². The Morgan fingerprint density at radius 2 is 2.00 bits per heavy atom. The first kappa shape index (κ1) is 10.4. The van der Waals surface area contributed by atoms with E-state index >= 15 is 0 Å². The van der Waals surface area contributed by atoms with Crippen LogP contribution in [0.25, 0.3) is 22.4 Å². The number of fused-ring (bicyclic) bond motifs is 1. The van der Waals surface area contributed by atoms with E-state index < -0.39 is 0 Å². The number of aromatic nitrogens is 2. The minimum Gasteiger partial charge on any atom is -0.507 e. The highest BCUT2D eigenvalue weighted by Gasteiger charge is 2.08. The van der Waals surface area contributed by atoms with Crippen LogP contribution in [0.2, 0.25) is 0 Å². The largest absolute Gasteiger partial charge is 0.507 e. The number of rotatable bonds is 1. The third kappa shape index (κ3) is 1.59. The highest BCUT2D eigenvalue weighted by Crippen LogP contribution is 2.28. The third-order valence-corrected chi connectivity index (χ3v) is 2.77. The Balaban J connectivity index is 2.20. The number of hydrogen-bond acceptors (Lipinski definition) is 3. The number of imidazole rings is 1. The van der Waals surface area contributed by atoms with Gasteiger partial charge in [-0.15, -0.1) is 0 Å². The highest BCUT2D eigenvalue weighted by atomic mass is 16.3. The highest BCUT2D eigenvalue weighted by molar-refractivity contribution is 5.81. The Labute approximate surface area is 103 Å². The number of benzene rings is 2. The molecule has 4 heteroatoms. The summed E-state index contributed by atoms with van der Waals surface area (Å²) < 4.78 is 0. The summed E-state index contributed by atoms with van der Waals surface area (Å²) in [7, 11) is 0. The molecule has 0 aliphatic heterocycles. The summed E-state index contributed by atoms with van der Waals surface area (Å²) in [6.07, 6.45) is 0. The Hall–Kier alpha value is -2.80. The summed E-state index contributed by atoms with van der Waals surface area (Å²) in [5, 5.41) is 18.6. The molecule has 0 bridgehead atoms. The molecule has 1 aromatic heterocycles. The van der Waals surface area contributed by atoms with Crippen molar-refractivity contribution >= 4 is 11.0 Å².